The van der Waals surface area contributed by atoms with Gasteiger partial charge in [0.15, 0.2) is 0 Å². The maximum Gasteiger partial charge on any atom is 4.00 e. The summed E-state index contributed by atoms with van der Waals surface area (Å²) < 4.78 is 0. The summed E-state index contributed by atoms with van der Waals surface area (Å²) in [6.45, 7) is 23.5. The van der Waals surface area contributed by atoms with Gasteiger partial charge in [-0.3, -0.25) is 4.90 Å². The zero-order valence-electron chi connectivity index (χ0n) is 24.3. The van der Waals surface area contributed by atoms with Gasteiger partial charge in [-0.05, 0) is 58.0 Å². The Morgan fingerprint density at radius 2 is 1.35 bits per heavy atom. The Balaban J connectivity index is -0.000000770. The fourth-order valence-electron chi connectivity index (χ4n) is 5.57. The molecule has 0 amide bonds. The van der Waals surface area contributed by atoms with Crippen LogP contribution in [-0.2, 0) is 21.7 Å². The van der Waals surface area contributed by atoms with Gasteiger partial charge in [-0.25, -0.2) is 0 Å². The van der Waals surface area contributed by atoms with Crippen LogP contribution < -0.4 is 0 Å². The zero-order chi connectivity index (χ0) is 23.5. The van der Waals surface area contributed by atoms with Crippen LogP contribution in [0.25, 0.3) is 4.98 Å². The van der Waals surface area contributed by atoms with Crippen molar-refractivity contribution in [3.05, 3.63) is 75.4 Å². The smallest absolute Gasteiger partial charge is 0.660 e. The summed E-state index contributed by atoms with van der Waals surface area (Å²) in [5.74, 6) is 1.45. The Hall–Kier alpha value is -0.189. The van der Waals surface area contributed by atoms with E-state index in [9.17, 15) is 0 Å². The van der Waals surface area contributed by atoms with Crippen LogP contribution in [0.5, 0.6) is 0 Å². The van der Waals surface area contributed by atoms with Crippen molar-refractivity contribution in [2.75, 3.05) is 13.1 Å². The first-order valence-electron chi connectivity index (χ1n) is 12.5. The predicted molar refractivity (Wildman–Crippen MR) is 157 cm³/mol. The van der Waals surface area contributed by atoms with Gasteiger partial charge in [-0.2, -0.15) is 6.92 Å². The van der Waals surface area contributed by atoms with E-state index in [1.54, 1.807) is 6.92 Å². The summed E-state index contributed by atoms with van der Waals surface area (Å²) in [5.41, 5.74) is 0.891. The Bertz CT molecular complexity index is 600. The average molecular weight is 521 g/mol. The molecule has 1 heterocycles. The molecule has 0 bridgehead atoms. The zero-order valence-corrected chi connectivity index (χ0v) is 26.8. The van der Waals surface area contributed by atoms with Gasteiger partial charge >= 0.3 is 21.7 Å². The summed E-state index contributed by atoms with van der Waals surface area (Å²) in [5, 5.41) is 0. The third-order valence-corrected chi connectivity index (χ3v) is 10.2. The van der Waals surface area contributed by atoms with Crippen molar-refractivity contribution >= 4 is 8.24 Å². The first-order valence-corrected chi connectivity index (χ1v) is 15.5. The standard InChI is InChI=1S/C20H35N2Si.C6H10.C2H5.2CH3.Ti/c1-20(2,3)21-23(4,5)19-15-18(22-13-9-6-10-14-22)16-11-7-8-12-17(16)19;1-3-5-6-4-2;1-2;;;/h7-8,11-12,16-19H,6,9-10,13-15H2,1-5H3;3-6H,1-2H3;1H2,2H3;2*1H3;/q-1;;3*-1;+4/b;5-3+,6-4+;;;;. The fourth-order valence-corrected chi connectivity index (χ4v) is 9.56. The Morgan fingerprint density at radius 1 is 0.882 bits per heavy atom. The molecule has 0 aromatic carbocycles. The molecular formula is C30H56N2SiTi. The van der Waals surface area contributed by atoms with Gasteiger partial charge in [-0.1, -0.05) is 103 Å². The molecule has 34 heavy (non-hydrogen) atoms. The van der Waals surface area contributed by atoms with Crippen LogP contribution in [0.4, 0.5) is 0 Å². The molecule has 4 unspecified atom stereocenters. The molecule has 1 saturated heterocycles. The van der Waals surface area contributed by atoms with Gasteiger partial charge in [0.05, 0.1) is 0 Å². The van der Waals surface area contributed by atoms with Gasteiger partial charge in [-0.15, -0.1) is 5.54 Å². The van der Waals surface area contributed by atoms with Crippen LogP contribution in [0.3, 0.4) is 0 Å². The average Bonchev–Trinajstić information content (AvgIpc) is 3.14. The monoisotopic (exact) mass is 520 g/mol. The van der Waals surface area contributed by atoms with E-state index in [1.165, 1.54) is 38.8 Å². The molecule has 1 aliphatic heterocycles. The molecule has 1 saturated carbocycles. The van der Waals surface area contributed by atoms with Crippen molar-refractivity contribution in [3.63, 3.8) is 0 Å². The third kappa shape index (κ3) is 12.2. The Morgan fingerprint density at radius 3 is 1.79 bits per heavy atom. The van der Waals surface area contributed by atoms with Crippen LogP contribution in [0, 0.1) is 33.6 Å². The first kappa shape index (κ1) is 38.3. The van der Waals surface area contributed by atoms with Gasteiger partial charge in [0.2, 0.25) is 0 Å². The summed E-state index contributed by atoms with van der Waals surface area (Å²) in [7, 11) is -1.61. The number of likely N-dealkylation sites (tertiary alicyclic amines) is 1. The van der Waals surface area contributed by atoms with Crippen LogP contribution in [0.2, 0.25) is 18.6 Å². The van der Waals surface area contributed by atoms with Crippen molar-refractivity contribution < 1.29 is 21.7 Å². The number of rotatable bonds is 4. The maximum absolute atomic E-state index is 5.36. The van der Waals surface area contributed by atoms with Crippen molar-refractivity contribution in [1.82, 2.24) is 4.90 Å². The normalized spacial score (nSPS) is 26.3. The largest absolute Gasteiger partial charge is 4.00 e. The first-order chi connectivity index (χ1) is 14.7. The van der Waals surface area contributed by atoms with Crippen molar-refractivity contribution in [1.29, 1.82) is 0 Å². The Kier molecular flexibility index (Phi) is 21.4. The van der Waals surface area contributed by atoms with E-state index in [1.807, 2.05) is 38.2 Å². The second-order valence-corrected chi connectivity index (χ2v) is 14.7. The molecule has 2 fully saturated rings. The molecule has 2 nitrogen and oxygen atoms in total. The van der Waals surface area contributed by atoms with Crippen LogP contribution in [0.1, 0.15) is 67.2 Å². The molecule has 4 heteroatoms. The number of fused-ring (bicyclic) bond motifs is 1. The molecule has 0 aromatic heterocycles. The van der Waals surface area contributed by atoms with Crippen LogP contribution >= 0.6 is 0 Å². The number of nitrogens with zero attached hydrogens (tertiary/aromatic N) is 2. The molecule has 3 aliphatic rings. The van der Waals surface area contributed by atoms with Crippen molar-refractivity contribution in [2.24, 2.45) is 11.8 Å². The van der Waals surface area contributed by atoms with E-state index in [0.717, 1.165) is 23.4 Å². The van der Waals surface area contributed by atoms with Gasteiger partial charge in [0.1, 0.15) is 0 Å². The van der Waals surface area contributed by atoms with Crippen molar-refractivity contribution in [2.45, 2.75) is 97.4 Å². The predicted octanol–water partition coefficient (Wildman–Crippen LogP) is 9.23. The summed E-state index contributed by atoms with van der Waals surface area (Å²) in [6, 6.07) is 0.758. The number of allylic oxidation sites excluding steroid dienone is 7. The minimum absolute atomic E-state index is 0. The summed E-state index contributed by atoms with van der Waals surface area (Å²) >= 11 is 0. The number of hydrogen-bond acceptors (Lipinski definition) is 1. The summed E-state index contributed by atoms with van der Waals surface area (Å²) in [4.78, 5) is 8.17. The van der Waals surface area contributed by atoms with E-state index < -0.39 is 8.24 Å². The van der Waals surface area contributed by atoms with E-state index in [2.05, 4.69) is 70.0 Å². The third-order valence-electron chi connectivity index (χ3n) is 6.51. The van der Waals surface area contributed by atoms with E-state index in [-0.39, 0.29) is 42.1 Å². The molecular weight excluding hydrogens is 464 g/mol. The molecule has 0 N–H and O–H groups in total. The second kappa shape index (κ2) is 19.0. The molecule has 194 valence electrons. The molecule has 0 radical (unpaired) electrons. The van der Waals surface area contributed by atoms with E-state index in [0.29, 0.717) is 0 Å². The molecule has 0 aromatic rings. The fraction of sp³-hybridized carbons (Fsp3) is 0.633. The molecule has 4 atom stereocenters. The Labute approximate surface area is 231 Å². The van der Waals surface area contributed by atoms with E-state index >= 15 is 0 Å². The van der Waals surface area contributed by atoms with Crippen molar-refractivity contribution in [3.8, 4) is 0 Å². The summed E-state index contributed by atoms with van der Waals surface area (Å²) in [6.07, 6.45) is 23.2. The minimum Gasteiger partial charge on any atom is -0.660 e. The van der Waals surface area contributed by atoms with Crippen LogP contribution in [0.15, 0.2) is 48.6 Å². The quantitative estimate of drug-likeness (QED) is 0.205. The second-order valence-electron chi connectivity index (χ2n) is 10.4. The van der Waals surface area contributed by atoms with Crippen LogP contribution in [-0.4, -0.2) is 37.8 Å². The SMILES string of the molecule is C/C=C/C=C/C.CC(C)(C)[N-][Si](C)(C)C1CC(N2CCCCC2)C2C=CC=CC21.[CH2-]C.[CH3-].[CH3-].[Ti+4]. The minimum atomic E-state index is -1.61. The molecule has 2 aliphatic carbocycles. The van der Waals surface area contributed by atoms with E-state index in [4.69, 9.17) is 4.98 Å². The molecule has 0 spiro atoms. The topological polar surface area (TPSA) is 17.3 Å². The molecule has 3 rings (SSSR count). The van der Waals surface area contributed by atoms with Gasteiger partial charge < -0.3 is 26.8 Å². The van der Waals surface area contributed by atoms with Gasteiger partial charge in [0, 0.05) is 6.04 Å². The maximum atomic E-state index is 5.36. The number of hydrogen-bond donors (Lipinski definition) is 0. The van der Waals surface area contributed by atoms with Gasteiger partial charge in [0.25, 0.3) is 0 Å². The number of piperidine rings is 1.